The van der Waals surface area contributed by atoms with Gasteiger partial charge in [0.1, 0.15) is 0 Å². The number of nitrogens with zero attached hydrogens (tertiary/aromatic N) is 3. The van der Waals surface area contributed by atoms with Crippen LogP contribution in [0.2, 0.25) is 0 Å². The number of sulfonamides is 1. The van der Waals surface area contributed by atoms with Gasteiger partial charge in [0.15, 0.2) is 5.65 Å². The molecule has 0 atom stereocenters. The molecular formula is C22H27N5O3S. The van der Waals surface area contributed by atoms with E-state index < -0.39 is 10.0 Å². The van der Waals surface area contributed by atoms with Gasteiger partial charge in [-0.05, 0) is 64.3 Å². The third-order valence-corrected chi connectivity index (χ3v) is 6.30. The number of primary sulfonamides is 1. The second-order valence-corrected chi connectivity index (χ2v) is 10.7. The first-order valence-corrected chi connectivity index (χ1v) is 11.8. The molecule has 8 nitrogen and oxygen atoms in total. The first kappa shape index (κ1) is 21.5. The number of hydrogen-bond donors (Lipinski definition) is 2. The number of nitrogens with two attached hydrogens (primary N) is 1. The molecule has 1 fully saturated rings. The summed E-state index contributed by atoms with van der Waals surface area (Å²) in [7, 11) is -3.80. The summed E-state index contributed by atoms with van der Waals surface area (Å²) in [6.45, 7) is 8.24. The van der Waals surface area contributed by atoms with E-state index in [1.807, 2.05) is 17.7 Å². The molecule has 1 aliphatic carbocycles. The minimum absolute atomic E-state index is 0.0175. The quantitative estimate of drug-likeness (QED) is 0.631. The molecule has 3 aromatic rings. The topological polar surface area (TPSA) is 120 Å². The number of nitrogens with one attached hydrogen (secondary N) is 1. The molecule has 3 N–H and O–H groups in total. The number of carbonyl (C=O) groups is 1. The van der Waals surface area contributed by atoms with Crippen LogP contribution >= 0.6 is 0 Å². The van der Waals surface area contributed by atoms with Crippen LogP contribution in [0.5, 0.6) is 0 Å². The first-order chi connectivity index (χ1) is 14.4. The highest BCUT2D eigenvalue weighted by molar-refractivity contribution is 7.89. The Labute approximate surface area is 181 Å². The van der Waals surface area contributed by atoms with Crippen molar-refractivity contribution in [3.63, 3.8) is 0 Å². The predicted octanol–water partition coefficient (Wildman–Crippen LogP) is 2.95. The van der Waals surface area contributed by atoms with Crippen molar-refractivity contribution >= 4 is 27.0 Å². The Morgan fingerprint density at radius 2 is 1.97 bits per heavy atom. The zero-order valence-corrected chi connectivity index (χ0v) is 19.0. The number of hydrogen-bond acceptors (Lipinski definition) is 5. The molecule has 1 saturated carbocycles. The normalized spacial score (nSPS) is 14.7. The zero-order valence-electron chi connectivity index (χ0n) is 18.1. The molecule has 0 saturated heterocycles. The van der Waals surface area contributed by atoms with Crippen LogP contribution < -0.4 is 10.5 Å². The summed E-state index contributed by atoms with van der Waals surface area (Å²) in [4.78, 5) is 18.1. The standard InChI is InChI=1S/C22H27N5O3S/c1-13-19-17(21(28)24-12-14-6-5-7-16(10-14)31(23,29)30)11-18(15-8-9-15)25-20(19)27(26-13)22(2,3)4/h5-7,10-11,15H,8-9,12H2,1-4H3,(H,24,28)(H2,23,29,30). The summed E-state index contributed by atoms with van der Waals surface area (Å²) in [6, 6.07) is 8.12. The van der Waals surface area contributed by atoms with Crippen molar-refractivity contribution < 1.29 is 13.2 Å². The van der Waals surface area contributed by atoms with Crippen LogP contribution in [0, 0.1) is 6.92 Å². The molecule has 164 valence electrons. The van der Waals surface area contributed by atoms with Gasteiger partial charge in [-0.15, -0.1) is 0 Å². The molecule has 0 radical (unpaired) electrons. The number of fused-ring (bicyclic) bond motifs is 1. The summed E-state index contributed by atoms with van der Waals surface area (Å²) in [5.41, 5.74) is 3.30. The van der Waals surface area contributed by atoms with E-state index in [1.165, 1.54) is 12.1 Å². The third-order valence-electron chi connectivity index (χ3n) is 5.39. The van der Waals surface area contributed by atoms with Crippen LogP contribution in [0.3, 0.4) is 0 Å². The number of carbonyl (C=O) groups excluding carboxylic acids is 1. The smallest absolute Gasteiger partial charge is 0.252 e. The largest absolute Gasteiger partial charge is 0.348 e. The van der Waals surface area contributed by atoms with E-state index in [0.29, 0.717) is 17.0 Å². The maximum Gasteiger partial charge on any atom is 0.252 e. The zero-order chi connectivity index (χ0) is 22.6. The summed E-state index contributed by atoms with van der Waals surface area (Å²) in [6.07, 6.45) is 2.14. The van der Waals surface area contributed by atoms with Gasteiger partial charge in [0.05, 0.1) is 27.1 Å². The van der Waals surface area contributed by atoms with Gasteiger partial charge in [0.2, 0.25) is 10.0 Å². The summed E-state index contributed by atoms with van der Waals surface area (Å²) in [5.74, 6) is 0.137. The third kappa shape index (κ3) is 4.33. The molecule has 0 bridgehead atoms. The molecule has 2 heterocycles. The monoisotopic (exact) mass is 441 g/mol. The summed E-state index contributed by atoms with van der Waals surface area (Å²) >= 11 is 0. The lowest BCUT2D eigenvalue weighted by atomic mass is 10.1. The predicted molar refractivity (Wildman–Crippen MR) is 118 cm³/mol. The lowest BCUT2D eigenvalue weighted by Gasteiger charge is -2.20. The maximum absolute atomic E-state index is 13.2. The first-order valence-electron chi connectivity index (χ1n) is 10.3. The Morgan fingerprint density at radius 3 is 2.58 bits per heavy atom. The Morgan fingerprint density at radius 1 is 1.26 bits per heavy atom. The van der Waals surface area contributed by atoms with E-state index >= 15 is 0 Å². The van der Waals surface area contributed by atoms with Crippen molar-refractivity contribution in [1.29, 1.82) is 0 Å². The SMILES string of the molecule is Cc1nn(C(C)(C)C)c2nc(C3CC3)cc(C(=O)NCc3cccc(S(N)(=O)=O)c3)c12. The second-order valence-electron chi connectivity index (χ2n) is 9.11. The van der Waals surface area contributed by atoms with Gasteiger partial charge in [-0.1, -0.05) is 12.1 Å². The molecule has 31 heavy (non-hydrogen) atoms. The number of aryl methyl sites for hydroxylation is 1. The van der Waals surface area contributed by atoms with Crippen molar-refractivity contribution in [2.75, 3.05) is 0 Å². The number of aromatic nitrogens is 3. The van der Waals surface area contributed by atoms with E-state index in [2.05, 4.69) is 31.2 Å². The lowest BCUT2D eigenvalue weighted by Crippen LogP contribution is -2.25. The fraction of sp³-hybridized carbons (Fsp3) is 0.409. The molecule has 1 aromatic carbocycles. The van der Waals surface area contributed by atoms with Gasteiger partial charge in [0.25, 0.3) is 5.91 Å². The van der Waals surface area contributed by atoms with Gasteiger partial charge in [0, 0.05) is 18.2 Å². The number of pyridine rings is 1. The summed E-state index contributed by atoms with van der Waals surface area (Å²) in [5, 5.41) is 13.5. The van der Waals surface area contributed by atoms with Crippen LogP contribution in [0.15, 0.2) is 35.2 Å². The molecule has 0 aliphatic heterocycles. The Kier molecular flexibility index (Phi) is 5.13. The lowest BCUT2D eigenvalue weighted by molar-refractivity contribution is 0.0952. The van der Waals surface area contributed by atoms with E-state index in [-0.39, 0.29) is 22.9 Å². The molecule has 1 amide bonds. The molecule has 0 unspecified atom stereocenters. The number of benzene rings is 1. The number of amides is 1. The highest BCUT2D eigenvalue weighted by atomic mass is 32.2. The van der Waals surface area contributed by atoms with Gasteiger partial charge < -0.3 is 5.32 Å². The minimum Gasteiger partial charge on any atom is -0.348 e. The fourth-order valence-corrected chi connectivity index (χ4v) is 4.24. The van der Waals surface area contributed by atoms with Crippen LogP contribution in [-0.2, 0) is 22.1 Å². The van der Waals surface area contributed by atoms with Crippen molar-refractivity contribution in [2.24, 2.45) is 5.14 Å². The Balaban J connectivity index is 1.70. The van der Waals surface area contributed by atoms with E-state index in [9.17, 15) is 13.2 Å². The highest BCUT2D eigenvalue weighted by Gasteiger charge is 2.30. The molecular weight excluding hydrogens is 414 g/mol. The average Bonchev–Trinajstić information content (AvgIpc) is 3.48. The molecule has 0 spiro atoms. The number of rotatable bonds is 5. The van der Waals surface area contributed by atoms with Crippen molar-refractivity contribution in [1.82, 2.24) is 20.1 Å². The van der Waals surface area contributed by atoms with E-state index in [1.54, 1.807) is 12.1 Å². The van der Waals surface area contributed by atoms with Crippen LogP contribution in [0.25, 0.3) is 11.0 Å². The van der Waals surface area contributed by atoms with Crippen LogP contribution in [0.1, 0.15) is 66.8 Å². The highest BCUT2D eigenvalue weighted by Crippen LogP contribution is 2.41. The Bertz CT molecular complexity index is 1280. The molecule has 4 rings (SSSR count). The van der Waals surface area contributed by atoms with Gasteiger partial charge >= 0.3 is 0 Å². The second kappa shape index (κ2) is 7.42. The average molecular weight is 442 g/mol. The minimum atomic E-state index is -3.80. The Hall–Kier alpha value is -2.78. The van der Waals surface area contributed by atoms with Crippen LogP contribution in [0.4, 0.5) is 0 Å². The van der Waals surface area contributed by atoms with Gasteiger partial charge in [-0.2, -0.15) is 5.10 Å². The fourth-order valence-electron chi connectivity index (χ4n) is 3.65. The van der Waals surface area contributed by atoms with Crippen molar-refractivity contribution in [3.05, 3.63) is 52.8 Å². The van der Waals surface area contributed by atoms with Crippen molar-refractivity contribution in [3.8, 4) is 0 Å². The van der Waals surface area contributed by atoms with E-state index in [0.717, 1.165) is 35.3 Å². The molecule has 1 aliphatic rings. The van der Waals surface area contributed by atoms with Crippen molar-refractivity contribution in [2.45, 2.75) is 63.4 Å². The van der Waals surface area contributed by atoms with E-state index in [4.69, 9.17) is 10.1 Å². The molecule has 9 heteroatoms. The van der Waals surface area contributed by atoms with Gasteiger partial charge in [-0.25, -0.2) is 23.2 Å². The van der Waals surface area contributed by atoms with Crippen LogP contribution in [-0.4, -0.2) is 29.1 Å². The molecule has 2 aromatic heterocycles. The van der Waals surface area contributed by atoms with Gasteiger partial charge in [-0.3, -0.25) is 4.79 Å². The summed E-state index contributed by atoms with van der Waals surface area (Å²) < 4.78 is 25.1. The maximum atomic E-state index is 13.2.